The number of rotatable bonds is 4. The summed E-state index contributed by atoms with van der Waals surface area (Å²) in [6.45, 7) is 1.99. The number of thioether (sulfide) groups is 1. The Bertz CT molecular complexity index is 265. The van der Waals surface area contributed by atoms with Crippen molar-refractivity contribution >= 4 is 34.9 Å². The van der Waals surface area contributed by atoms with Crippen molar-refractivity contribution in [2.45, 2.75) is 43.9 Å². The van der Waals surface area contributed by atoms with Crippen LogP contribution in [-0.4, -0.2) is 39.9 Å². The van der Waals surface area contributed by atoms with Gasteiger partial charge in [-0.15, -0.1) is 11.8 Å². The van der Waals surface area contributed by atoms with Crippen LogP contribution in [0.1, 0.15) is 32.6 Å². The number of carbonyl (C=O) groups is 1. The van der Waals surface area contributed by atoms with Gasteiger partial charge in [-0.3, -0.25) is 4.79 Å². The third-order valence-corrected chi connectivity index (χ3v) is 4.49. The summed E-state index contributed by atoms with van der Waals surface area (Å²) in [7, 11) is 1.85. The van der Waals surface area contributed by atoms with Crippen LogP contribution in [0.5, 0.6) is 0 Å². The van der Waals surface area contributed by atoms with Crippen LogP contribution in [-0.2, 0) is 4.79 Å². The molecule has 1 heterocycles. The van der Waals surface area contributed by atoms with Crippen LogP contribution in [0.25, 0.3) is 0 Å². The summed E-state index contributed by atoms with van der Waals surface area (Å²) >= 11 is 6.65. The lowest BCUT2D eigenvalue weighted by Gasteiger charge is -2.30. The highest BCUT2D eigenvalue weighted by atomic mass is 32.2. The van der Waals surface area contributed by atoms with E-state index in [9.17, 15) is 4.79 Å². The Kier molecular flexibility index (Phi) is 5.55. The van der Waals surface area contributed by atoms with E-state index in [0.29, 0.717) is 11.4 Å². The number of amides is 1. The van der Waals surface area contributed by atoms with E-state index in [2.05, 4.69) is 0 Å². The Morgan fingerprint density at radius 2 is 2.31 bits per heavy atom. The van der Waals surface area contributed by atoms with E-state index < -0.39 is 0 Å². The van der Waals surface area contributed by atoms with Gasteiger partial charge in [0.25, 0.3) is 0 Å². The molecule has 2 atom stereocenters. The number of hydrogen-bond acceptors (Lipinski definition) is 3. The first-order chi connectivity index (χ1) is 7.52. The summed E-state index contributed by atoms with van der Waals surface area (Å²) in [5.41, 5.74) is 5.50. The van der Waals surface area contributed by atoms with Gasteiger partial charge in [-0.2, -0.15) is 0 Å². The summed E-state index contributed by atoms with van der Waals surface area (Å²) in [5, 5.41) is 0.146. The van der Waals surface area contributed by atoms with Crippen molar-refractivity contribution in [1.29, 1.82) is 0 Å². The summed E-state index contributed by atoms with van der Waals surface area (Å²) < 4.78 is 0. The lowest BCUT2D eigenvalue weighted by Crippen LogP contribution is -2.42. The average Bonchev–Trinajstić information content (AvgIpc) is 2.27. The zero-order chi connectivity index (χ0) is 12.1. The molecular formula is C11H20N2OS2. The molecule has 5 heteroatoms. The zero-order valence-electron chi connectivity index (χ0n) is 9.94. The Hall–Kier alpha value is -0.290. The summed E-state index contributed by atoms with van der Waals surface area (Å²) in [4.78, 5) is 14.4. The highest BCUT2D eigenvalue weighted by Gasteiger charge is 2.27. The predicted molar refractivity (Wildman–Crippen MR) is 73.7 cm³/mol. The van der Waals surface area contributed by atoms with Crippen LogP contribution in [0, 0.1) is 0 Å². The molecule has 0 radical (unpaired) electrons. The first-order valence-corrected chi connectivity index (χ1v) is 7.14. The maximum Gasteiger partial charge on any atom is 0.235 e. The summed E-state index contributed by atoms with van der Waals surface area (Å²) in [6, 6.07) is 0.104. The second-order valence-electron chi connectivity index (χ2n) is 4.32. The van der Waals surface area contributed by atoms with Crippen LogP contribution in [0.2, 0.25) is 0 Å². The lowest BCUT2D eigenvalue weighted by atomic mass is 10.1. The summed E-state index contributed by atoms with van der Waals surface area (Å²) in [6.07, 6.45) is 4.02. The average molecular weight is 260 g/mol. The van der Waals surface area contributed by atoms with E-state index in [1.165, 1.54) is 12.8 Å². The van der Waals surface area contributed by atoms with Crippen molar-refractivity contribution < 1.29 is 4.79 Å². The monoisotopic (exact) mass is 260 g/mol. The fourth-order valence-corrected chi connectivity index (χ4v) is 3.35. The molecule has 0 bridgehead atoms. The molecule has 1 rings (SSSR count). The number of carbonyl (C=O) groups excluding carboxylic acids is 1. The van der Waals surface area contributed by atoms with Crippen LogP contribution < -0.4 is 5.73 Å². The molecular weight excluding hydrogens is 240 g/mol. The molecule has 2 N–H and O–H groups in total. The van der Waals surface area contributed by atoms with Crippen molar-refractivity contribution in [2.24, 2.45) is 5.73 Å². The predicted octanol–water partition coefficient (Wildman–Crippen LogP) is 1.80. The summed E-state index contributed by atoms with van der Waals surface area (Å²) in [5.74, 6) is 1.34. The topological polar surface area (TPSA) is 46.3 Å². The lowest BCUT2D eigenvalue weighted by molar-refractivity contribution is -0.131. The van der Waals surface area contributed by atoms with E-state index in [1.54, 1.807) is 16.7 Å². The number of nitrogens with two attached hydrogens (primary N) is 1. The molecule has 0 aromatic carbocycles. The van der Waals surface area contributed by atoms with E-state index in [1.807, 2.05) is 14.0 Å². The molecule has 1 aliphatic rings. The van der Waals surface area contributed by atoms with Crippen molar-refractivity contribution in [1.82, 2.24) is 4.90 Å². The number of hydrogen-bond donors (Lipinski definition) is 1. The molecule has 0 saturated carbocycles. The SMILES string of the molecule is CC(CC(N)=S)N(C)C(=O)C1CCCCS1. The fraction of sp³-hybridized carbons (Fsp3) is 0.818. The minimum absolute atomic E-state index is 0.104. The van der Waals surface area contributed by atoms with E-state index >= 15 is 0 Å². The largest absolute Gasteiger partial charge is 0.393 e. The second-order valence-corrected chi connectivity index (χ2v) is 6.16. The first kappa shape index (κ1) is 13.8. The van der Waals surface area contributed by atoms with Gasteiger partial charge in [0.05, 0.1) is 10.2 Å². The third-order valence-electron chi connectivity index (χ3n) is 2.96. The molecule has 0 aromatic heterocycles. The Labute approximate surface area is 107 Å². The molecule has 1 amide bonds. The Morgan fingerprint density at radius 1 is 1.62 bits per heavy atom. The quantitative estimate of drug-likeness (QED) is 0.783. The minimum atomic E-state index is 0.104. The van der Waals surface area contributed by atoms with Gasteiger partial charge in [0.2, 0.25) is 5.91 Å². The minimum Gasteiger partial charge on any atom is -0.393 e. The van der Waals surface area contributed by atoms with Crippen LogP contribution in [0.15, 0.2) is 0 Å². The Morgan fingerprint density at radius 3 is 2.81 bits per heavy atom. The normalized spacial score (nSPS) is 22.5. The van der Waals surface area contributed by atoms with Gasteiger partial charge < -0.3 is 10.6 Å². The smallest absolute Gasteiger partial charge is 0.235 e. The van der Waals surface area contributed by atoms with Crippen LogP contribution in [0.4, 0.5) is 0 Å². The maximum absolute atomic E-state index is 12.1. The van der Waals surface area contributed by atoms with E-state index in [4.69, 9.17) is 18.0 Å². The molecule has 16 heavy (non-hydrogen) atoms. The van der Waals surface area contributed by atoms with Gasteiger partial charge in [-0.05, 0) is 25.5 Å². The van der Waals surface area contributed by atoms with E-state index in [0.717, 1.165) is 12.2 Å². The number of thiocarbonyl (C=S) groups is 1. The van der Waals surface area contributed by atoms with Gasteiger partial charge in [0, 0.05) is 19.5 Å². The molecule has 1 aliphatic heterocycles. The molecule has 92 valence electrons. The van der Waals surface area contributed by atoms with Crippen molar-refractivity contribution in [3.8, 4) is 0 Å². The van der Waals surface area contributed by atoms with Gasteiger partial charge in [0.1, 0.15) is 0 Å². The molecule has 0 aromatic rings. The standard InChI is InChI=1S/C11H20N2OS2/c1-8(7-10(12)15)13(2)11(14)9-5-3-4-6-16-9/h8-9H,3-7H2,1-2H3,(H2,12,15). The third kappa shape index (κ3) is 3.94. The maximum atomic E-state index is 12.1. The van der Waals surface area contributed by atoms with E-state index in [-0.39, 0.29) is 17.2 Å². The van der Waals surface area contributed by atoms with Gasteiger partial charge in [-0.25, -0.2) is 0 Å². The molecule has 1 saturated heterocycles. The van der Waals surface area contributed by atoms with Crippen molar-refractivity contribution in [2.75, 3.05) is 12.8 Å². The van der Waals surface area contributed by atoms with Crippen LogP contribution in [0.3, 0.4) is 0 Å². The van der Waals surface area contributed by atoms with Gasteiger partial charge >= 0.3 is 0 Å². The first-order valence-electron chi connectivity index (χ1n) is 5.69. The Balaban J connectivity index is 2.48. The van der Waals surface area contributed by atoms with Crippen LogP contribution >= 0.6 is 24.0 Å². The highest BCUT2D eigenvalue weighted by molar-refractivity contribution is 8.00. The van der Waals surface area contributed by atoms with Gasteiger partial charge in [-0.1, -0.05) is 18.6 Å². The highest BCUT2D eigenvalue weighted by Crippen LogP contribution is 2.26. The zero-order valence-corrected chi connectivity index (χ0v) is 11.6. The fourth-order valence-electron chi connectivity index (χ4n) is 1.81. The molecule has 0 aliphatic carbocycles. The number of nitrogens with zero attached hydrogens (tertiary/aromatic N) is 1. The molecule has 3 nitrogen and oxygen atoms in total. The van der Waals surface area contributed by atoms with Crippen molar-refractivity contribution in [3.63, 3.8) is 0 Å². The second kappa shape index (κ2) is 6.45. The van der Waals surface area contributed by atoms with Crippen molar-refractivity contribution in [3.05, 3.63) is 0 Å². The molecule has 2 unspecified atom stereocenters. The van der Waals surface area contributed by atoms with Gasteiger partial charge in [0.15, 0.2) is 0 Å². The molecule has 0 spiro atoms. The molecule has 1 fully saturated rings.